The van der Waals surface area contributed by atoms with Gasteiger partial charge in [-0.15, -0.1) is 0 Å². The summed E-state index contributed by atoms with van der Waals surface area (Å²) in [7, 11) is 0. The molecule has 0 aliphatic carbocycles. The summed E-state index contributed by atoms with van der Waals surface area (Å²) < 4.78 is 0. The summed E-state index contributed by atoms with van der Waals surface area (Å²) in [5.74, 6) is 0.00212. The maximum absolute atomic E-state index is 12.3. The second-order valence-electron chi connectivity index (χ2n) is 5.45. The Morgan fingerprint density at radius 2 is 2.00 bits per heavy atom. The SMILES string of the molecule is CCCCCC(C)Nc1ccnc(C(=O)N(CC)CC)c1. The van der Waals surface area contributed by atoms with Crippen LogP contribution in [-0.2, 0) is 0 Å². The normalized spacial score (nSPS) is 12.0. The molecular weight excluding hydrogens is 262 g/mol. The highest BCUT2D eigenvalue weighted by atomic mass is 16.2. The number of unbranched alkanes of at least 4 members (excludes halogenated alkanes) is 2. The number of rotatable bonds is 9. The number of nitrogens with one attached hydrogen (secondary N) is 1. The van der Waals surface area contributed by atoms with E-state index in [0.29, 0.717) is 24.8 Å². The molecule has 0 radical (unpaired) electrons. The van der Waals surface area contributed by atoms with Gasteiger partial charge in [0.2, 0.25) is 0 Å². The highest BCUT2D eigenvalue weighted by molar-refractivity contribution is 5.93. The molecule has 0 spiro atoms. The Labute approximate surface area is 129 Å². The van der Waals surface area contributed by atoms with E-state index in [-0.39, 0.29) is 5.91 Å². The molecule has 1 amide bonds. The van der Waals surface area contributed by atoms with Gasteiger partial charge in [0.05, 0.1) is 0 Å². The predicted octanol–water partition coefficient (Wildman–Crippen LogP) is 3.94. The topological polar surface area (TPSA) is 45.2 Å². The third-order valence-electron chi connectivity index (χ3n) is 3.68. The fraction of sp³-hybridized carbons (Fsp3) is 0.647. The summed E-state index contributed by atoms with van der Waals surface area (Å²) in [4.78, 5) is 18.3. The van der Waals surface area contributed by atoms with Crippen molar-refractivity contribution in [2.24, 2.45) is 0 Å². The van der Waals surface area contributed by atoms with E-state index in [0.717, 1.165) is 12.1 Å². The lowest BCUT2D eigenvalue weighted by Gasteiger charge is -2.19. The highest BCUT2D eigenvalue weighted by Crippen LogP contribution is 2.14. The van der Waals surface area contributed by atoms with E-state index in [1.807, 2.05) is 26.0 Å². The molecule has 0 fully saturated rings. The van der Waals surface area contributed by atoms with E-state index in [2.05, 4.69) is 24.1 Å². The molecule has 1 heterocycles. The van der Waals surface area contributed by atoms with Gasteiger partial charge in [-0.05, 0) is 39.3 Å². The molecule has 1 atom stereocenters. The van der Waals surface area contributed by atoms with Crippen molar-refractivity contribution >= 4 is 11.6 Å². The first-order valence-electron chi connectivity index (χ1n) is 8.14. The number of carbonyl (C=O) groups excluding carboxylic acids is 1. The average molecular weight is 291 g/mol. The number of anilines is 1. The summed E-state index contributed by atoms with van der Waals surface area (Å²) >= 11 is 0. The third kappa shape index (κ3) is 5.74. The Morgan fingerprint density at radius 1 is 1.29 bits per heavy atom. The first-order valence-corrected chi connectivity index (χ1v) is 8.14. The van der Waals surface area contributed by atoms with Gasteiger partial charge in [0.1, 0.15) is 5.69 Å². The van der Waals surface area contributed by atoms with Gasteiger partial charge in [-0.2, -0.15) is 0 Å². The molecule has 118 valence electrons. The molecular formula is C17H29N3O. The molecule has 0 aromatic carbocycles. The van der Waals surface area contributed by atoms with E-state index in [4.69, 9.17) is 0 Å². The van der Waals surface area contributed by atoms with Gasteiger partial charge in [-0.3, -0.25) is 9.78 Å². The van der Waals surface area contributed by atoms with Crippen LogP contribution < -0.4 is 5.32 Å². The predicted molar refractivity (Wildman–Crippen MR) is 88.7 cm³/mol. The molecule has 0 bridgehead atoms. The summed E-state index contributed by atoms with van der Waals surface area (Å²) in [6.45, 7) is 9.79. The van der Waals surface area contributed by atoms with Crippen LogP contribution in [0.1, 0.15) is 63.9 Å². The van der Waals surface area contributed by atoms with E-state index in [9.17, 15) is 4.79 Å². The van der Waals surface area contributed by atoms with Gasteiger partial charge < -0.3 is 10.2 Å². The van der Waals surface area contributed by atoms with Crippen LogP contribution in [0.25, 0.3) is 0 Å². The van der Waals surface area contributed by atoms with Crippen molar-refractivity contribution < 1.29 is 4.79 Å². The lowest BCUT2D eigenvalue weighted by Crippen LogP contribution is -2.31. The van der Waals surface area contributed by atoms with Crippen molar-refractivity contribution in [3.8, 4) is 0 Å². The van der Waals surface area contributed by atoms with Gasteiger partial charge in [0.15, 0.2) is 0 Å². The summed E-state index contributed by atoms with van der Waals surface area (Å²) in [5, 5.41) is 3.46. The monoisotopic (exact) mass is 291 g/mol. The van der Waals surface area contributed by atoms with Crippen molar-refractivity contribution in [2.45, 2.75) is 59.4 Å². The first kappa shape index (κ1) is 17.5. The fourth-order valence-corrected chi connectivity index (χ4v) is 2.37. The summed E-state index contributed by atoms with van der Waals surface area (Å²) in [6, 6.07) is 4.20. The van der Waals surface area contributed by atoms with Crippen molar-refractivity contribution in [1.82, 2.24) is 9.88 Å². The van der Waals surface area contributed by atoms with Crippen molar-refractivity contribution in [3.63, 3.8) is 0 Å². The van der Waals surface area contributed by atoms with Gasteiger partial charge in [-0.25, -0.2) is 0 Å². The fourth-order valence-electron chi connectivity index (χ4n) is 2.37. The second-order valence-corrected chi connectivity index (χ2v) is 5.45. The molecule has 0 saturated heterocycles. The molecule has 1 rings (SSSR count). The maximum atomic E-state index is 12.3. The van der Waals surface area contributed by atoms with E-state index >= 15 is 0 Å². The maximum Gasteiger partial charge on any atom is 0.272 e. The number of amides is 1. The molecule has 0 aliphatic rings. The number of nitrogens with zero attached hydrogens (tertiary/aromatic N) is 2. The van der Waals surface area contributed by atoms with Crippen LogP contribution >= 0.6 is 0 Å². The summed E-state index contributed by atoms with van der Waals surface area (Å²) in [6.07, 6.45) is 6.60. The van der Waals surface area contributed by atoms with Crippen molar-refractivity contribution in [2.75, 3.05) is 18.4 Å². The smallest absolute Gasteiger partial charge is 0.272 e. The van der Waals surface area contributed by atoms with Gasteiger partial charge >= 0.3 is 0 Å². The molecule has 1 N–H and O–H groups in total. The van der Waals surface area contributed by atoms with Crippen LogP contribution in [0, 0.1) is 0 Å². The number of aromatic nitrogens is 1. The third-order valence-corrected chi connectivity index (χ3v) is 3.68. The standard InChI is InChI=1S/C17H29N3O/c1-5-8-9-10-14(4)19-15-11-12-18-16(13-15)17(21)20(6-2)7-3/h11-14H,5-10H2,1-4H3,(H,18,19). The first-order chi connectivity index (χ1) is 10.1. The Morgan fingerprint density at radius 3 is 2.62 bits per heavy atom. The Balaban J connectivity index is 2.65. The molecule has 1 aromatic heterocycles. The van der Waals surface area contributed by atoms with E-state index in [1.165, 1.54) is 19.3 Å². The second kappa shape index (κ2) is 9.37. The minimum atomic E-state index is 0.00212. The molecule has 1 unspecified atom stereocenters. The lowest BCUT2D eigenvalue weighted by molar-refractivity contribution is 0.0767. The van der Waals surface area contributed by atoms with Crippen LogP contribution in [-0.4, -0.2) is 34.9 Å². The van der Waals surface area contributed by atoms with Crippen LogP contribution in [0.3, 0.4) is 0 Å². The number of carbonyl (C=O) groups is 1. The molecule has 4 heteroatoms. The van der Waals surface area contributed by atoms with Gasteiger partial charge in [-0.1, -0.05) is 26.2 Å². The van der Waals surface area contributed by atoms with Crippen molar-refractivity contribution in [1.29, 1.82) is 0 Å². The Kier molecular flexibility index (Phi) is 7.80. The van der Waals surface area contributed by atoms with Gasteiger partial charge in [0, 0.05) is 31.0 Å². The Bertz CT molecular complexity index is 430. The number of hydrogen-bond acceptors (Lipinski definition) is 3. The number of hydrogen-bond donors (Lipinski definition) is 1. The van der Waals surface area contributed by atoms with Crippen LogP contribution in [0.4, 0.5) is 5.69 Å². The highest BCUT2D eigenvalue weighted by Gasteiger charge is 2.14. The van der Waals surface area contributed by atoms with Crippen molar-refractivity contribution in [3.05, 3.63) is 24.0 Å². The van der Waals surface area contributed by atoms with Crippen LogP contribution in [0.2, 0.25) is 0 Å². The summed E-state index contributed by atoms with van der Waals surface area (Å²) in [5.41, 5.74) is 1.49. The average Bonchev–Trinajstić information content (AvgIpc) is 2.49. The van der Waals surface area contributed by atoms with Crippen LogP contribution in [0.5, 0.6) is 0 Å². The molecule has 0 aliphatic heterocycles. The molecule has 21 heavy (non-hydrogen) atoms. The Hall–Kier alpha value is -1.58. The van der Waals surface area contributed by atoms with E-state index < -0.39 is 0 Å². The molecule has 4 nitrogen and oxygen atoms in total. The zero-order valence-electron chi connectivity index (χ0n) is 13.9. The largest absolute Gasteiger partial charge is 0.382 e. The molecule has 0 saturated carbocycles. The van der Waals surface area contributed by atoms with Crippen LogP contribution in [0.15, 0.2) is 18.3 Å². The van der Waals surface area contributed by atoms with E-state index in [1.54, 1.807) is 11.1 Å². The zero-order chi connectivity index (χ0) is 15.7. The minimum absolute atomic E-state index is 0.00212. The number of pyridine rings is 1. The molecule has 1 aromatic rings. The lowest BCUT2D eigenvalue weighted by atomic mass is 10.1. The van der Waals surface area contributed by atoms with Gasteiger partial charge in [0.25, 0.3) is 5.91 Å². The zero-order valence-corrected chi connectivity index (χ0v) is 13.9. The quantitative estimate of drug-likeness (QED) is 0.701. The minimum Gasteiger partial charge on any atom is -0.382 e.